The minimum atomic E-state index is -3.39. The summed E-state index contributed by atoms with van der Waals surface area (Å²) in [4.78, 5) is 10.4. The van der Waals surface area contributed by atoms with Gasteiger partial charge in [0.1, 0.15) is 0 Å². The first-order chi connectivity index (χ1) is 9.81. The van der Waals surface area contributed by atoms with E-state index in [4.69, 9.17) is 9.88 Å². The van der Waals surface area contributed by atoms with Crippen molar-refractivity contribution in [3.63, 3.8) is 0 Å². The molecule has 0 bridgehead atoms. The number of benzene rings is 1. The van der Waals surface area contributed by atoms with Crippen LogP contribution >= 0.6 is 15.9 Å². The molecule has 0 aliphatic rings. The molecule has 0 aromatic heterocycles. The van der Waals surface area contributed by atoms with Crippen molar-refractivity contribution in [1.29, 1.82) is 0 Å². The van der Waals surface area contributed by atoms with Gasteiger partial charge < -0.3 is 4.74 Å². The zero-order chi connectivity index (χ0) is 15.9. The molecule has 0 amide bonds. The molecule has 0 atom stereocenters. The molecule has 0 unspecified atom stereocenters. The normalized spacial score (nSPS) is 11.3. The Bertz CT molecular complexity index is 591. The number of nitro groups is 1. The summed E-state index contributed by atoms with van der Waals surface area (Å²) in [5.74, 6) is 0.191. The summed E-state index contributed by atoms with van der Waals surface area (Å²) >= 11 is 3.22. The maximum atomic E-state index is 10.9. The quantitative estimate of drug-likeness (QED) is 0.401. The number of sulfonamides is 1. The number of rotatable bonds is 9. The third-order valence-electron chi connectivity index (χ3n) is 2.71. The van der Waals surface area contributed by atoms with Gasteiger partial charge >= 0.3 is 5.69 Å². The van der Waals surface area contributed by atoms with Gasteiger partial charge in [0.05, 0.1) is 21.8 Å². The van der Waals surface area contributed by atoms with Crippen molar-refractivity contribution < 1.29 is 18.1 Å². The zero-order valence-corrected chi connectivity index (χ0v) is 13.7. The van der Waals surface area contributed by atoms with Gasteiger partial charge in [0.25, 0.3) is 0 Å². The van der Waals surface area contributed by atoms with Gasteiger partial charge in [-0.25, -0.2) is 13.6 Å². The molecular formula is C12H17BrN2O5S. The van der Waals surface area contributed by atoms with Gasteiger partial charge in [-0.3, -0.25) is 10.1 Å². The highest BCUT2D eigenvalue weighted by molar-refractivity contribution is 9.10. The average molecular weight is 381 g/mol. The molecule has 1 rings (SSSR count). The van der Waals surface area contributed by atoms with Crippen LogP contribution in [0.2, 0.25) is 0 Å². The van der Waals surface area contributed by atoms with Gasteiger partial charge in [-0.05, 0) is 34.8 Å². The molecule has 0 saturated carbocycles. The van der Waals surface area contributed by atoms with Crippen LogP contribution in [0.4, 0.5) is 5.69 Å². The van der Waals surface area contributed by atoms with E-state index in [9.17, 15) is 18.5 Å². The van der Waals surface area contributed by atoms with E-state index in [-0.39, 0.29) is 17.2 Å². The first-order valence-corrected chi connectivity index (χ1v) is 8.88. The van der Waals surface area contributed by atoms with E-state index in [2.05, 4.69) is 15.9 Å². The smallest absolute Gasteiger partial charge is 0.312 e. The van der Waals surface area contributed by atoms with E-state index in [1.54, 1.807) is 12.1 Å². The maximum absolute atomic E-state index is 10.9. The van der Waals surface area contributed by atoms with E-state index in [1.165, 1.54) is 6.07 Å². The van der Waals surface area contributed by atoms with E-state index in [0.29, 0.717) is 23.9 Å². The molecule has 0 saturated heterocycles. The van der Waals surface area contributed by atoms with Gasteiger partial charge in [0.15, 0.2) is 0 Å². The molecule has 21 heavy (non-hydrogen) atoms. The average Bonchev–Trinajstić information content (AvgIpc) is 2.37. The summed E-state index contributed by atoms with van der Waals surface area (Å²) in [5.41, 5.74) is -0.0846. The van der Waals surface area contributed by atoms with Crippen molar-refractivity contribution in [2.75, 3.05) is 12.4 Å². The summed E-state index contributed by atoms with van der Waals surface area (Å²) in [6.45, 7) is 0.332. The Morgan fingerprint density at radius 3 is 2.52 bits per heavy atom. The molecule has 1 aromatic rings. The molecular weight excluding hydrogens is 364 g/mol. The second kappa shape index (κ2) is 8.30. The van der Waals surface area contributed by atoms with Gasteiger partial charge in [0, 0.05) is 6.07 Å². The number of nitrogens with two attached hydrogens (primary N) is 1. The first-order valence-electron chi connectivity index (χ1n) is 6.37. The maximum Gasteiger partial charge on any atom is 0.312 e. The number of primary sulfonamides is 1. The fourth-order valence-corrected chi connectivity index (χ4v) is 2.79. The second-order valence-corrected chi connectivity index (χ2v) is 7.06. The van der Waals surface area contributed by atoms with E-state index in [0.717, 1.165) is 12.8 Å². The van der Waals surface area contributed by atoms with Crippen LogP contribution < -0.4 is 9.88 Å². The van der Waals surface area contributed by atoms with Crippen LogP contribution in [-0.2, 0) is 10.0 Å². The number of halogens is 1. The molecule has 0 fully saturated rings. The largest absolute Gasteiger partial charge is 0.486 e. The number of hydrogen-bond donors (Lipinski definition) is 1. The Labute approximate surface area is 131 Å². The molecule has 9 heteroatoms. The van der Waals surface area contributed by atoms with Crippen molar-refractivity contribution in [3.8, 4) is 5.75 Å². The Morgan fingerprint density at radius 1 is 1.24 bits per heavy atom. The number of para-hydroxylation sites is 1. The summed E-state index contributed by atoms with van der Waals surface area (Å²) in [7, 11) is -3.39. The predicted molar refractivity (Wildman–Crippen MR) is 82.7 cm³/mol. The van der Waals surface area contributed by atoms with Crippen LogP contribution in [0.25, 0.3) is 0 Å². The van der Waals surface area contributed by atoms with Crippen LogP contribution in [0.3, 0.4) is 0 Å². The number of unbranched alkanes of at least 4 members (excludes halogenated alkanes) is 3. The summed E-state index contributed by atoms with van der Waals surface area (Å²) in [5, 5.41) is 15.8. The Kier molecular flexibility index (Phi) is 7.06. The van der Waals surface area contributed by atoms with Crippen LogP contribution in [0.15, 0.2) is 22.7 Å². The van der Waals surface area contributed by atoms with Crippen LogP contribution in [-0.4, -0.2) is 25.7 Å². The van der Waals surface area contributed by atoms with Crippen LogP contribution in [0, 0.1) is 10.1 Å². The van der Waals surface area contributed by atoms with Crippen molar-refractivity contribution in [3.05, 3.63) is 32.8 Å². The number of ether oxygens (including phenoxy) is 1. The second-order valence-electron chi connectivity index (χ2n) is 4.47. The minimum Gasteiger partial charge on any atom is -0.486 e. The number of nitro benzene ring substituents is 1. The Balaban J connectivity index is 2.35. The molecule has 0 heterocycles. The fourth-order valence-electron chi connectivity index (χ4n) is 1.72. The lowest BCUT2D eigenvalue weighted by Crippen LogP contribution is -2.16. The van der Waals surface area contributed by atoms with Gasteiger partial charge in [-0.2, -0.15) is 0 Å². The third kappa shape index (κ3) is 6.87. The molecule has 0 aliphatic heterocycles. The van der Waals surface area contributed by atoms with E-state index < -0.39 is 14.9 Å². The molecule has 0 spiro atoms. The van der Waals surface area contributed by atoms with E-state index >= 15 is 0 Å². The summed E-state index contributed by atoms with van der Waals surface area (Å²) in [6.07, 6.45) is 2.68. The van der Waals surface area contributed by atoms with Crippen molar-refractivity contribution in [1.82, 2.24) is 0 Å². The molecule has 1 aromatic carbocycles. The van der Waals surface area contributed by atoms with Crippen LogP contribution in [0.1, 0.15) is 25.7 Å². The molecule has 0 aliphatic carbocycles. The minimum absolute atomic E-state index is 0.0242. The predicted octanol–water partition coefficient (Wildman–Crippen LogP) is 2.59. The standard InChI is InChI=1S/C12H17BrN2O5S/c13-10-6-5-7-11(15(16)17)12(10)20-8-3-1-2-4-9-21(14,18)19/h5-7H,1-4,8-9H2,(H2,14,18,19). The summed E-state index contributed by atoms with van der Waals surface area (Å²) in [6, 6.07) is 4.63. The highest BCUT2D eigenvalue weighted by Gasteiger charge is 2.17. The monoisotopic (exact) mass is 380 g/mol. The van der Waals surface area contributed by atoms with E-state index in [1.807, 2.05) is 0 Å². The van der Waals surface area contributed by atoms with Gasteiger partial charge in [-0.1, -0.05) is 18.9 Å². The molecule has 118 valence electrons. The highest BCUT2D eigenvalue weighted by Crippen LogP contribution is 2.34. The SMILES string of the molecule is NS(=O)(=O)CCCCCCOc1c(Br)cccc1[N+](=O)[O-]. The van der Waals surface area contributed by atoms with Crippen molar-refractivity contribution in [2.24, 2.45) is 5.14 Å². The van der Waals surface area contributed by atoms with Crippen LogP contribution in [0.5, 0.6) is 5.75 Å². The topological polar surface area (TPSA) is 113 Å². The van der Waals surface area contributed by atoms with Crippen molar-refractivity contribution >= 4 is 31.6 Å². The van der Waals surface area contributed by atoms with Gasteiger partial charge in [0.2, 0.25) is 15.8 Å². The fraction of sp³-hybridized carbons (Fsp3) is 0.500. The molecule has 2 N–H and O–H groups in total. The molecule has 7 nitrogen and oxygen atoms in total. The number of hydrogen-bond acceptors (Lipinski definition) is 5. The lowest BCUT2D eigenvalue weighted by Gasteiger charge is -2.08. The Hall–Kier alpha value is -1.19. The third-order valence-corrected chi connectivity index (χ3v) is 4.19. The number of nitrogens with zero attached hydrogens (tertiary/aromatic N) is 1. The molecule has 0 radical (unpaired) electrons. The van der Waals surface area contributed by atoms with Gasteiger partial charge in [-0.15, -0.1) is 0 Å². The zero-order valence-electron chi connectivity index (χ0n) is 11.3. The lowest BCUT2D eigenvalue weighted by molar-refractivity contribution is -0.386. The lowest BCUT2D eigenvalue weighted by atomic mass is 10.2. The summed E-state index contributed by atoms with van der Waals surface area (Å²) < 4.78 is 27.4. The van der Waals surface area contributed by atoms with Crippen molar-refractivity contribution in [2.45, 2.75) is 25.7 Å². The first kappa shape index (κ1) is 17.9. The highest BCUT2D eigenvalue weighted by atomic mass is 79.9. The Morgan fingerprint density at radius 2 is 1.90 bits per heavy atom.